The Balaban J connectivity index is 0.000000158. The lowest BCUT2D eigenvalue weighted by Crippen LogP contribution is -2.41. The molecule has 0 bridgehead atoms. The number of hydrogen-bond donors (Lipinski definition) is 12. The number of hydrazine groups is 1. The second-order valence-corrected chi connectivity index (χ2v) is 32.3. The van der Waals surface area contributed by atoms with Crippen molar-refractivity contribution in [2.75, 3.05) is 68.3 Å². The predicted molar refractivity (Wildman–Crippen MR) is 467 cm³/mol. The van der Waals surface area contributed by atoms with E-state index in [2.05, 4.69) is 82.3 Å². The molecule has 4 saturated carbocycles. The van der Waals surface area contributed by atoms with E-state index in [0.717, 1.165) is 160 Å². The van der Waals surface area contributed by atoms with Crippen LogP contribution >= 0.6 is 82.0 Å². The second kappa shape index (κ2) is 43.4. The van der Waals surface area contributed by atoms with Gasteiger partial charge in [0.2, 0.25) is 21.8 Å². The van der Waals surface area contributed by atoms with Crippen molar-refractivity contribution >= 4 is 175 Å². The summed E-state index contributed by atoms with van der Waals surface area (Å²) in [7, 11) is 4.34. The second-order valence-electron chi connectivity index (χ2n) is 30.2. The van der Waals surface area contributed by atoms with Gasteiger partial charge in [-0.1, -0.05) is 71.2 Å². The van der Waals surface area contributed by atoms with Crippen molar-refractivity contribution < 1.29 is 53.6 Å². The molecular formula is C78H99BCl7N23O11. The van der Waals surface area contributed by atoms with Gasteiger partial charge in [-0.05, 0) is 207 Å². The number of aromatic nitrogens is 14. The van der Waals surface area contributed by atoms with Crippen molar-refractivity contribution in [1.29, 1.82) is 0 Å². The number of nitrogens with two attached hydrogens (primary N) is 1. The van der Waals surface area contributed by atoms with Crippen LogP contribution in [0, 0.1) is 0 Å². The number of fused-ring (bicyclic) bond motifs is 3. The zero-order chi connectivity index (χ0) is 85.2. The molecule has 7 aromatic heterocycles. The average Bonchev–Trinajstić information content (AvgIpc) is 1.62. The number of rotatable bonds is 12. The fourth-order valence-corrected chi connectivity index (χ4v) is 15.5. The van der Waals surface area contributed by atoms with Crippen molar-refractivity contribution in [1.82, 2.24) is 90.6 Å². The van der Waals surface area contributed by atoms with Crippen LogP contribution in [0.2, 0.25) is 31.3 Å². The largest absolute Gasteiger partial charge is 0.494 e. The summed E-state index contributed by atoms with van der Waals surface area (Å²) in [5.74, 6) is 5.89. The van der Waals surface area contributed by atoms with Gasteiger partial charge in [-0.15, -0.1) is 12.4 Å². The summed E-state index contributed by atoms with van der Waals surface area (Å²) in [5.41, 5.74) is 10.6. The van der Waals surface area contributed by atoms with E-state index in [4.69, 9.17) is 110 Å². The number of carbonyl (C=O) groups is 4. The molecule has 0 atom stereocenters. The number of anilines is 4. The predicted octanol–water partition coefficient (Wildman–Crippen LogP) is 12.7. The molecule has 10 aromatic rings. The molecule has 0 spiro atoms. The number of carbonyl (C=O) groups excluding carboxylic acids is 4. The normalized spacial score (nSPS) is 21.0. The number of aliphatic hydroxyl groups is 4. The molecule has 0 radical (unpaired) electrons. The number of amides is 6. The van der Waals surface area contributed by atoms with Crippen LogP contribution < -0.4 is 53.5 Å². The van der Waals surface area contributed by atoms with Crippen molar-refractivity contribution in [2.45, 2.75) is 190 Å². The molecule has 2 aliphatic heterocycles. The summed E-state index contributed by atoms with van der Waals surface area (Å²) in [6.45, 7) is 10.9. The minimum absolute atomic E-state index is 0. The average molecular weight is 1790 g/mol. The van der Waals surface area contributed by atoms with Gasteiger partial charge in [0, 0.05) is 68.5 Å². The molecule has 6 aliphatic rings. The van der Waals surface area contributed by atoms with Gasteiger partial charge in [0.25, 0.3) is 0 Å². The van der Waals surface area contributed by atoms with Gasteiger partial charge in [-0.2, -0.15) is 30.2 Å². The van der Waals surface area contributed by atoms with Gasteiger partial charge in [0.05, 0.1) is 119 Å². The van der Waals surface area contributed by atoms with Crippen molar-refractivity contribution in [2.24, 2.45) is 5.84 Å². The van der Waals surface area contributed by atoms with Crippen LogP contribution in [0.25, 0.3) is 55.6 Å². The first-order valence-corrected chi connectivity index (χ1v) is 41.5. The van der Waals surface area contributed by atoms with Crippen LogP contribution in [0.15, 0.2) is 91.4 Å². The van der Waals surface area contributed by atoms with Crippen LogP contribution in [0.4, 0.5) is 37.4 Å². The fraction of sp³-hybridized carbons (Fsp3) is 0.474. The Morgan fingerprint density at radius 3 is 1.20 bits per heavy atom. The molecule has 16 rings (SSSR count). The van der Waals surface area contributed by atoms with Crippen LogP contribution in [-0.4, -0.2) is 210 Å². The van der Waals surface area contributed by atoms with Crippen LogP contribution in [0.3, 0.4) is 0 Å². The fourth-order valence-electron chi connectivity index (χ4n) is 14.2. The zero-order valence-corrected chi connectivity index (χ0v) is 72.5. The maximum Gasteiger partial charge on any atom is 0.494 e. The number of halogens is 7. The lowest BCUT2D eigenvalue weighted by atomic mass is 9.79. The molecule has 3 aromatic carbocycles. The molecular weight excluding hydrogens is 1690 g/mol. The first kappa shape index (κ1) is 93.7. The molecule has 0 unspecified atom stereocenters. The number of nitrogens with zero attached hydrogens (tertiary/aromatic N) is 15. The smallest absolute Gasteiger partial charge is 0.399 e. The summed E-state index contributed by atoms with van der Waals surface area (Å²) >= 11 is 34.4. The summed E-state index contributed by atoms with van der Waals surface area (Å²) in [4.78, 5) is 80.5. The molecule has 120 heavy (non-hydrogen) atoms. The van der Waals surface area contributed by atoms with E-state index in [1.54, 1.807) is 45.7 Å². The van der Waals surface area contributed by atoms with Crippen LogP contribution in [0.1, 0.15) is 159 Å². The molecule has 34 nitrogen and oxygen atoms in total. The summed E-state index contributed by atoms with van der Waals surface area (Å²) < 4.78 is 23.2. The maximum atomic E-state index is 11.6. The first-order valence-electron chi connectivity index (χ1n) is 39.2. The van der Waals surface area contributed by atoms with Gasteiger partial charge >= 0.3 is 25.2 Å². The Hall–Kier alpha value is -8.60. The minimum Gasteiger partial charge on any atom is -0.399 e. The van der Waals surface area contributed by atoms with E-state index in [0.29, 0.717) is 70.4 Å². The highest BCUT2D eigenvalue weighted by Gasteiger charge is 2.51. The standard InChI is InChI=1S/C23H29N7O3.C19H21ClN6O2.C14H21BN2O3.C11H12Cl2N4O.C6H14N2O.C5HCl3N2O.ClH/c1-24-23(32)26-16-4-2-15(3-5-16)20-19-14-25-30(17-6-8-18(31)9-7-17)21(19)28-22(27-20)29-10-12-33-13-11-29;1-21-19(28)23-12-4-2-11(3-5-12)16-15-10-22-26(17(15)25-18(20)24-16)13-6-8-14(27)9-7-13;1-13(2)14(3,4)20-15(19-13)10-6-8-11(9-7-10)17-12(18)16-5;12-9-8-5-14-17(10(8)16-11(13)15-9)6-1-3-7(18)4-2-6;7-8-5-1-3-6(9)4-2-5;6-3-2(1-11)4(7)10-5(8)9-3;/h2-5,14,17-18,31H,6-13H2,1H3,(H2,24,26,32);2-5,10,13-14,27H,6-9H2,1H3,(H2,21,23,28);6-9H,1-5H3,(H2,16,17,18);5-7,18H,1-4H2;5-6,8-9H,1-4,7H2;1H;1H. The van der Waals surface area contributed by atoms with E-state index in [9.17, 15) is 34.5 Å². The number of morpholine rings is 1. The van der Waals surface area contributed by atoms with Crippen molar-refractivity contribution in [3.05, 3.63) is 128 Å². The number of hydrogen-bond acceptors (Lipinski definition) is 25. The van der Waals surface area contributed by atoms with Gasteiger partial charge < -0.3 is 71.3 Å². The van der Waals surface area contributed by atoms with Crippen molar-refractivity contribution in [3.8, 4) is 22.5 Å². The van der Waals surface area contributed by atoms with Gasteiger partial charge in [-0.25, -0.2) is 53.3 Å². The SMILES string of the molecule is CNC(=O)Nc1ccc(-c2nc(Cl)nc3c2cnn3C2CCC(O)CC2)cc1.CNC(=O)Nc1ccc(-c2nc(N3CCOCC3)nc3c2cnn3C2CCC(O)CC2)cc1.CNC(=O)Nc1ccc(B2OC(C)(C)C(C)(C)O2)cc1.Cl.NNC1CCC(O)CC1.O=Cc1c(Cl)nc(Cl)nc1Cl.OC1CCC(n2ncc3c(Cl)nc(Cl)nc32)CC1. The monoisotopic (exact) mass is 1790 g/mol. The third-order valence-corrected chi connectivity index (χ3v) is 23.0. The molecule has 6 amide bonds. The Bertz CT molecular complexity index is 5030. The lowest BCUT2D eigenvalue weighted by molar-refractivity contribution is 0.00578. The lowest BCUT2D eigenvalue weighted by Gasteiger charge is -2.32. The number of benzene rings is 3. The molecule has 9 heterocycles. The van der Waals surface area contributed by atoms with Gasteiger partial charge in [0.15, 0.2) is 23.2 Å². The quantitative estimate of drug-likeness (QED) is 0.0135. The van der Waals surface area contributed by atoms with Crippen LogP contribution in [0.5, 0.6) is 0 Å². The van der Waals surface area contributed by atoms with Gasteiger partial charge in [0.1, 0.15) is 15.5 Å². The Kier molecular flexibility index (Phi) is 33.9. The summed E-state index contributed by atoms with van der Waals surface area (Å²) in [6, 6.07) is 22.7. The highest BCUT2D eigenvalue weighted by atomic mass is 35.5. The third-order valence-electron chi connectivity index (χ3n) is 21.7. The maximum absolute atomic E-state index is 11.6. The molecule has 644 valence electrons. The number of aliphatic hydroxyl groups excluding tert-OH is 4. The Morgan fingerprint density at radius 1 is 0.467 bits per heavy atom. The molecule has 42 heteroatoms. The van der Waals surface area contributed by atoms with E-state index in [1.807, 2.05) is 109 Å². The minimum atomic E-state index is -0.381. The van der Waals surface area contributed by atoms with Crippen LogP contribution in [-0.2, 0) is 14.0 Å². The molecule has 13 N–H and O–H groups in total. The van der Waals surface area contributed by atoms with Crippen molar-refractivity contribution in [3.63, 3.8) is 0 Å². The third kappa shape index (κ3) is 24.4. The molecule has 6 fully saturated rings. The van der Waals surface area contributed by atoms with E-state index in [1.165, 1.54) is 0 Å². The number of nitrogens with one attached hydrogen (secondary N) is 7. The Morgan fingerprint density at radius 2 is 0.808 bits per heavy atom. The number of urea groups is 3. The first-order chi connectivity index (χ1) is 57.0. The zero-order valence-electron chi connectivity index (χ0n) is 67.2. The number of ether oxygens (including phenoxy) is 1. The summed E-state index contributed by atoms with van der Waals surface area (Å²) in [5, 5.41) is 70.5. The van der Waals surface area contributed by atoms with E-state index >= 15 is 0 Å². The van der Waals surface area contributed by atoms with E-state index < -0.39 is 0 Å². The topological polar surface area (TPSA) is 447 Å². The number of aldehydes is 1. The highest BCUT2D eigenvalue weighted by Crippen LogP contribution is 2.40. The summed E-state index contributed by atoms with van der Waals surface area (Å²) in [6.07, 6.45) is 18.8. The van der Waals surface area contributed by atoms with E-state index in [-0.39, 0.29) is 123 Å². The molecule has 4 aliphatic carbocycles. The van der Waals surface area contributed by atoms with Gasteiger partial charge in [-0.3, -0.25) is 16.1 Å². The Labute approximate surface area is 729 Å². The molecule has 2 saturated heterocycles. The highest BCUT2D eigenvalue weighted by molar-refractivity contribution is 6.62.